The molecule has 2 aromatic carbocycles. The fourth-order valence-corrected chi connectivity index (χ4v) is 4.47. The predicted molar refractivity (Wildman–Crippen MR) is 121 cm³/mol. The average molecular weight is 430 g/mol. The first kappa shape index (κ1) is 19.3. The molecule has 0 radical (unpaired) electrons. The number of para-hydroxylation sites is 1. The summed E-state index contributed by atoms with van der Waals surface area (Å²) in [6.07, 6.45) is 1.83. The lowest BCUT2D eigenvalue weighted by molar-refractivity contribution is 0.730. The van der Waals surface area contributed by atoms with Crippen LogP contribution in [0.25, 0.3) is 28.1 Å². The molecule has 0 aliphatic rings. The molecule has 8 nitrogen and oxygen atoms in total. The highest BCUT2D eigenvalue weighted by Gasteiger charge is 2.17. The Balaban J connectivity index is 1.55. The number of benzene rings is 2. The van der Waals surface area contributed by atoms with Crippen molar-refractivity contribution in [2.75, 3.05) is 0 Å². The van der Waals surface area contributed by atoms with Crippen LogP contribution in [0.5, 0.6) is 0 Å². The van der Waals surface area contributed by atoms with Crippen LogP contribution < -0.4 is 5.56 Å². The normalized spacial score (nSPS) is 11.4. The van der Waals surface area contributed by atoms with Gasteiger partial charge in [-0.2, -0.15) is 0 Å². The van der Waals surface area contributed by atoms with Gasteiger partial charge in [-0.25, -0.2) is 0 Å². The second-order valence-corrected chi connectivity index (χ2v) is 7.94. The Kier molecular flexibility index (Phi) is 4.87. The van der Waals surface area contributed by atoms with Gasteiger partial charge in [0.15, 0.2) is 11.0 Å². The van der Waals surface area contributed by atoms with Crippen LogP contribution in [0.1, 0.15) is 5.82 Å². The van der Waals surface area contributed by atoms with E-state index in [4.69, 9.17) is 0 Å². The summed E-state index contributed by atoms with van der Waals surface area (Å²) in [4.78, 5) is 12.6. The van der Waals surface area contributed by atoms with E-state index in [-0.39, 0.29) is 5.56 Å². The van der Waals surface area contributed by atoms with Gasteiger partial charge in [-0.3, -0.25) is 18.3 Å². The number of nitrogens with zero attached hydrogens (tertiary/aromatic N) is 7. The minimum absolute atomic E-state index is 0.0899. The van der Waals surface area contributed by atoms with Gasteiger partial charge < -0.3 is 0 Å². The SMILES string of the molecule is C=CCn1c(SCc2nnc3n(C)c(=O)c4ccccc4n23)nnc1-c1ccccc1. The summed E-state index contributed by atoms with van der Waals surface area (Å²) >= 11 is 1.52. The van der Waals surface area contributed by atoms with Crippen LogP contribution in [-0.4, -0.2) is 33.9 Å². The van der Waals surface area contributed by atoms with Crippen LogP contribution in [0.4, 0.5) is 0 Å². The van der Waals surface area contributed by atoms with Crippen molar-refractivity contribution in [1.82, 2.24) is 33.9 Å². The number of hydrogen-bond donors (Lipinski definition) is 0. The summed E-state index contributed by atoms with van der Waals surface area (Å²) in [7, 11) is 1.71. The van der Waals surface area contributed by atoms with Crippen LogP contribution in [-0.2, 0) is 19.3 Å². The fraction of sp³-hybridized carbons (Fsp3) is 0.136. The van der Waals surface area contributed by atoms with Crippen LogP contribution >= 0.6 is 11.8 Å². The van der Waals surface area contributed by atoms with Gasteiger partial charge in [0.2, 0.25) is 5.78 Å². The Morgan fingerprint density at radius 1 is 1.00 bits per heavy atom. The predicted octanol–water partition coefficient (Wildman–Crippen LogP) is 3.32. The van der Waals surface area contributed by atoms with Crippen molar-refractivity contribution in [3.05, 3.63) is 83.4 Å². The number of allylic oxidation sites excluding steroid dienone is 1. The number of fused-ring (bicyclic) bond motifs is 3. The molecule has 0 saturated heterocycles. The van der Waals surface area contributed by atoms with Crippen molar-refractivity contribution in [1.29, 1.82) is 0 Å². The van der Waals surface area contributed by atoms with Crippen molar-refractivity contribution in [3.63, 3.8) is 0 Å². The third-order valence-corrected chi connectivity index (χ3v) is 6.05. The number of thioether (sulfide) groups is 1. The van der Waals surface area contributed by atoms with E-state index in [0.717, 1.165) is 27.9 Å². The molecule has 0 bridgehead atoms. The van der Waals surface area contributed by atoms with E-state index in [1.54, 1.807) is 7.05 Å². The summed E-state index contributed by atoms with van der Waals surface area (Å²) in [6, 6.07) is 17.5. The summed E-state index contributed by atoms with van der Waals surface area (Å²) < 4.78 is 5.48. The van der Waals surface area contributed by atoms with Crippen LogP contribution in [0.3, 0.4) is 0 Å². The second-order valence-electron chi connectivity index (χ2n) is 6.99. The first-order valence-corrected chi connectivity index (χ1v) is 10.7. The molecule has 154 valence electrons. The minimum atomic E-state index is -0.0899. The van der Waals surface area contributed by atoms with E-state index in [1.165, 1.54) is 16.3 Å². The Morgan fingerprint density at radius 2 is 1.77 bits per heavy atom. The second kappa shape index (κ2) is 7.84. The summed E-state index contributed by atoms with van der Waals surface area (Å²) in [6.45, 7) is 4.46. The van der Waals surface area contributed by atoms with Gasteiger partial charge in [0, 0.05) is 19.2 Å². The summed E-state index contributed by atoms with van der Waals surface area (Å²) in [5, 5.41) is 18.8. The standard InChI is InChI=1S/C22H19N7OS/c1-3-13-28-19(15-9-5-4-6-10-15)24-26-22(28)31-14-18-23-25-21-27(2)20(30)16-11-7-8-12-17(16)29(18)21/h3-12H,1,13-14H2,2H3. The summed E-state index contributed by atoms with van der Waals surface area (Å²) in [5.74, 6) is 2.56. The largest absolute Gasteiger partial charge is 0.298 e. The monoisotopic (exact) mass is 429 g/mol. The van der Waals surface area contributed by atoms with Gasteiger partial charge in [0.1, 0.15) is 5.82 Å². The maximum atomic E-state index is 12.6. The molecule has 0 spiro atoms. The fourth-order valence-electron chi connectivity index (χ4n) is 3.60. The molecule has 5 rings (SSSR count). The minimum Gasteiger partial charge on any atom is -0.298 e. The Morgan fingerprint density at radius 3 is 2.58 bits per heavy atom. The topological polar surface area (TPSA) is 82.9 Å². The zero-order chi connectivity index (χ0) is 21.4. The van der Waals surface area contributed by atoms with Gasteiger partial charge >= 0.3 is 0 Å². The highest BCUT2D eigenvalue weighted by atomic mass is 32.2. The molecular weight excluding hydrogens is 410 g/mol. The zero-order valence-corrected chi connectivity index (χ0v) is 17.7. The highest BCUT2D eigenvalue weighted by molar-refractivity contribution is 7.98. The molecule has 5 aromatic rings. The number of aromatic nitrogens is 7. The lowest BCUT2D eigenvalue weighted by atomic mass is 10.2. The van der Waals surface area contributed by atoms with Gasteiger partial charge in [0.25, 0.3) is 5.56 Å². The lowest BCUT2D eigenvalue weighted by Gasteiger charge is -2.09. The highest BCUT2D eigenvalue weighted by Crippen LogP contribution is 2.27. The molecule has 0 aliphatic carbocycles. The number of aryl methyl sites for hydroxylation is 1. The van der Waals surface area contributed by atoms with Gasteiger partial charge in [-0.1, -0.05) is 60.3 Å². The molecule has 0 N–H and O–H groups in total. The van der Waals surface area contributed by atoms with Gasteiger partial charge in [-0.05, 0) is 12.1 Å². The van der Waals surface area contributed by atoms with Crippen molar-refractivity contribution in [3.8, 4) is 11.4 Å². The van der Waals surface area contributed by atoms with Gasteiger partial charge in [0.05, 0.1) is 16.7 Å². The summed E-state index contributed by atoms with van der Waals surface area (Å²) in [5.41, 5.74) is 1.70. The first-order valence-electron chi connectivity index (χ1n) is 9.73. The average Bonchev–Trinajstić information content (AvgIpc) is 3.41. The van der Waals surface area contributed by atoms with Crippen LogP contribution in [0, 0.1) is 0 Å². The molecule has 3 heterocycles. The molecule has 3 aromatic heterocycles. The van der Waals surface area contributed by atoms with Crippen molar-refractivity contribution >= 4 is 28.4 Å². The van der Waals surface area contributed by atoms with E-state index < -0.39 is 0 Å². The molecular formula is C22H19N7OS. The van der Waals surface area contributed by atoms with Crippen molar-refractivity contribution in [2.24, 2.45) is 7.05 Å². The third-order valence-electron chi connectivity index (χ3n) is 5.08. The number of hydrogen-bond acceptors (Lipinski definition) is 6. The molecule has 0 fully saturated rings. The van der Waals surface area contributed by atoms with E-state index >= 15 is 0 Å². The maximum Gasteiger partial charge on any atom is 0.262 e. The Hall–Kier alpha value is -3.72. The van der Waals surface area contributed by atoms with Crippen molar-refractivity contribution in [2.45, 2.75) is 17.5 Å². The Bertz CT molecular complexity index is 1470. The van der Waals surface area contributed by atoms with Crippen LogP contribution in [0.15, 0.2) is 77.2 Å². The van der Waals surface area contributed by atoms with E-state index in [1.807, 2.05) is 69.6 Å². The molecule has 0 aliphatic heterocycles. The number of rotatable bonds is 6. The van der Waals surface area contributed by atoms with Crippen molar-refractivity contribution < 1.29 is 0 Å². The van der Waals surface area contributed by atoms with Crippen LogP contribution in [0.2, 0.25) is 0 Å². The molecule has 9 heteroatoms. The maximum absolute atomic E-state index is 12.6. The first-order chi connectivity index (χ1) is 15.2. The van der Waals surface area contributed by atoms with E-state index in [9.17, 15) is 4.79 Å². The molecule has 31 heavy (non-hydrogen) atoms. The zero-order valence-electron chi connectivity index (χ0n) is 16.8. The third kappa shape index (κ3) is 3.23. The molecule has 0 saturated carbocycles. The van der Waals surface area contributed by atoms with E-state index in [0.29, 0.717) is 23.5 Å². The van der Waals surface area contributed by atoms with Gasteiger partial charge in [-0.15, -0.1) is 27.0 Å². The molecule has 0 unspecified atom stereocenters. The van der Waals surface area contributed by atoms with E-state index in [2.05, 4.69) is 27.0 Å². The quantitative estimate of drug-likeness (QED) is 0.304. The molecule has 0 atom stereocenters. The lowest BCUT2D eigenvalue weighted by Crippen LogP contribution is -2.20. The smallest absolute Gasteiger partial charge is 0.262 e. The Labute approximate surface area is 181 Å². The molecule has 0 amide bonds.